The van der Waals surface area contributed by atoms with E-state index in [1.807, 2.05) is 0 Å². The Balaban J connectivity index is 2.40. The predicted molar refractivity (Wildman–Crippen MR) is 73.2 cm³/mol. The number of nitrogens with zero attached hydrogens (tertiary/aromatic N) is 2. The fourth-order valence-corrected chi connectivity index (χ4v) is 3.27. The van der Waals surface area contributed by atoms with Crippen LogP contribution in [0.3, 0.4) is 0 Å². The molecule has 18 heavy (non-hydrogen) atoms. The molecule has 0 unspecified atom stereocenters. The smallest absolute Gasteiger partial charge is 0.277 e. The van der Waals surface area contributed by atoms with Gasteiger partial charge in [-0.1, -0.05) is 17.7 Å². The van der Waals surface area contributed by atoms with Gasteiger partial charge in [-0.05, 0) is 34.1 Å². The molecular formula is C10H9BrClN3O2S. The van der Waals surface area contributed by atoms with Crippen molar-refractivity contribution in [3.05, 3.63) is 40.0 Å². The number of benzene rings is 1. The maximum atomic E-state index is 12.1. The summed E-state index contributed by atoms with van der Waals surface area (Å²) in [4.78, 5) is 0. The van der Waals surface area contributed by atoms with Gasteiger partial charge in [0.25, 0.3) is 10.0 Å². The number of aryl methyl sites for hydroxylation is 1. The monoisotopic (exact) mass is 349 g/mol. The van der Waals surface area contributed by atoms with Crippen molar-refractivity contribution in [2.75, 3.05) is 4.72 Å². The summed E-state index contributed by atoms with van der Waals surface area (Å²) in [6.45, 7) is 0. The average molecular weight is 351 g/mol. The van der Waals surface area contributed by atoms with Crippen molar-refractivity contribution < 1.29 is 8.42 Å². The number of nitrogens with one attached hydrogen (secondary N) is 1. The minimum Gasteiger partial charge on any atom is -0.277 e. The second-order valence-electron chi connectivity index (χ2n) is 3.50. The van der Waals surface area contributed by atoms with Crippen molar-refractivity contribution in [3.63, 3.8) is 0 Å². The van der Waals surface area contributed by atoms with Crippen molar-refractivity contribution in [1.82, 2.24) is 9.78 Å². The lowest BCUT2D eigenvalue weighted by molar-refractivity contribution is 0.582. The maximum Gasteiger partial charge on any atom is 0.279 e. The van der Waals surface area contributed by atoms with E-state index in [0.717, 1.165) is 0 Å². The molecule has 0 aliphatic heterocycles. The molecule has 2 rings (SSSR count). The van der Waals surface area contributed by atoms with Gasteiger partial charge in [0.1, 0.15) is 0 Å². The van der Waals surface area contributed by atoms with Gasteiger partial charge in [0, 0.05) is 7.05 Å². The molecule has 8 heteroatoms. The molecule has 1 aromatic carbocycles. The third-order valence-corrected chi connectivity index (χ3v) is 5.08. The summed E-state index contributed by atoms with van der Waals surface area (Å²) in [5, 5.41) is 4.33. The lowest BCUT2D eigenvalue weighted by Crippen LogP contribution is -2.16. The van der Waals surface area contributed by atoms with E-state index in [1.165, 1.54) is 16.9 Å². The molecule has 0 fully saturated rings. The van der Waals surface area contributed by atoms with Crippen LogP contribution in [0.2, 0.25) is 5.02 Å². The molecular weight excluding hydrogens is 342 g/mol. The molecule has 0 saturated heterocycles. The Kier molecular flexibility index (Phi) is 3.65. The fourth-order valence-electron chi connectivity index (χ4n) is 1.41. The van der Waals surface area contributed by atoms with Gasteiger partial charge in [0.2, 0.25) is 0 Å². The summed E-state index contributed by atoms with van der Waals surface area (Å²) >= 11 is 9.13. The van der Waals surface area contributed by atoms with Crippen LogP contribution in [0, 0.1) is 0 Å². The Morgan fingerprint density at radius 2 is 2.11 bits per heavy atom. The van der Waals surface area contributed by atoms with E-state index in [4.69, 9.17) is 11.6 Å². The van der Waals surface area contributed by atoms with Crippen LogP contribution in [-0.4, -0.2) is 18.2 Å². The molecule has 0 saturated carbocycles. The Labute approximate surface area is 118 Å². The zero-order valence-electron chi connectivity index (χ0n) is 9.26. The Hall–Kier alpha value is -1.05. The fraction of sp³-hybridized carbons (Fsp3) is 0.100. The highest BCUT2D eigenvalue weighted by Crippen LogP contribution is 2.31. The van der Waals surface area contributed by atoms with Crippen LogP contribution in [0.4, 0.5) is 5.69 Å². The van der Waals surface area contributed by atoms with Crippen LogP contribution >= 0.6 is 27.5 Å². The van der Waals surface area contributed by atoms with E-state index in [0.29, 0.717) is 15.2 Å². The molecule has 0 bridgehead atoms. The highest BCUT2D eigenvalue weighted by molar-refractivity contribution is 9.10. The van der Waals surface area contributed by atoms with Gasteiger partial charge in [0.05, 0.1) is 21.4 Å². The van der Waals surface area contributed by atoms with Crippen molar-refractivity contribution in [2.24, 2.45) is 7.05 Å². The molecule has 0 spiro atoms. The molecule has 1 heterocycles. The van der Waals surface area contributed by atoms with Crippen molar-refractivity contribution in [3.8, 4) is 0 Å². The van der Waals surface area contributed by atoms with E-state index in [1.54, 1.807) is 25.2 Å². The van der Waals surface area contributed by atoms with Gasteiger partial charge in [-0.25, -0.2) is 0 Å². The number of halogens is 2. The van der Waals surface area contributed by atoms with Crippen molar-refractivity contribution in [1.29, 1.82) is 0 Å². The first-order valence-corrected chi connectivity index (χ1v) is 7.52. The van der Waals surface area contributed by atoms with E-state index >= 15 is 0 Å². The first-order chi connectivity index (χ1) is 8.42. The molecule has 0 amide bonds. The third-order valence-electron chi connectivity index (χ3n) is 2.25. The number of rotatable bonds is 3. The first kappa shape index (κ1) is 13.4. The SMILES string of the molecule is Cn1nccc1S(=O)(=O)Nc1cccc(Cl)c1Br. The predicted octanol–water partition coefficient (Wildman–Crippen LogP) is 2.64. The van der Waals surface area contributed by atoms with Crippen LogP contribution in [0.25, 0.3) is 0 Å². The summed E-state index contributed by atoms with van der Waals surface area (Å²) < 4.78 is 28.4. The summed E-state index contributed by atoms with van der Waals surface area (Å²) in [6, 6.07) is 6.35. The number of hydrogen-bond donors (Lipinski definition) is 1. The van der Waals surface area contributed by atoms with Gasteiger partial charge in [-0.3, -0.25) is 9.40 Å². The van der Waals surface area contributed by atoms with Gasteiger partial charge in [0.15, 0.2) is 5.03 Å². The van der Waals surface area contributed by atoms with Crippen LogP contribution in [0.15, 0.2) is 40.0 Å². The Morgan fingerprint density at radius 1 is 1.39 bits per heavy atom. The lowest BCUT2D eigenvalue weighted by Gasteiger charge is -2.10. The number of sulfonamides is 1. The molecule has 5 nitrogen and oxygen atoms in total. The summed E-state index contributed by atoms with van der Waals surface area (Å²) in [6.07, 6.45) is 1.42. The quantitative estimate of drug-likeness (QED) is 0.925. The van der Waals surface area contributed by atoms with Crippen molar-refractivity contribution >= 4 is 43.2 Å². The average Bonchev–Trinajstić information content (AvgIpc) is 2.72. The van der Waals surface area contributed by atoms with Crippen LogP contribution in [-0.2, 0) is 17.1 Å². The molecule has 1 aromatic heterocycles. The molecule has 0 aliphatic carbocycles. The minimum atomic E-state index is -3.68. The van der Waals surface area contributed by atoms with Gasteiger partial charge in [-0.15, -0.1) is 0 Å². The number of aromatic nitrogens is 2. The van der Waals surface area contributed by atoms with Crippen LogP contribution in [0.5, 0.6) is 0 Å². The molecule has 1 N–H and O–H groups in total. The van der Waals surface area contributed by atoms with Crippen molar-refractivity contribution in [2.45, 2.75) is 5.03 Å². The standard InChI is InChI=1S/C10H9BrClN3O2S/c1-15-9(5-6-13-15)18(16,17)14-8-4-2-3-7(12)10(8)11/h2-6,14H,1H3. The first-order valence-electron chi connectivity index (χ1n) is 4.86. The van der Waals surface area contributed by atoms with Crippen LogP contribution < -0.4 is 4.72 Å². The molecule has 0 radical (unpaired) electrons. The molecule has 2 aromatic rings. The molecule has 0 atom stereocenters. The topological polar surface area (TPSA) is 64.0 Å². The minimum absolute atomic E-state index is 0.0781. The molecule has 0 aliphatic rings. The summed E-state index contributed by atoms with van der Waals surface area (Å²) in [5.74, 6) is 0. The maximum absolute atomic E-state index is 12.1. The highest BCUT2D eigenvalue weighted by Gasteiger charge is 2.19. The molecule has 96 valence electrons. The number of anilines is 1. The summed E-state index contributed by atoms with van der Waals surface area (Å²) in [7, 11) is -2.12. The zero-order valence-corrected chi connectivity index (χ0v) is 12.4. The normalized spacial score (nSPS) is 11.5. The zero-order chi connectivity index (χ0) is 13.3. The largest absolute Gasteiger partial charge is 0.279 e. The van der Waals surface area contributed by atoms with Gasteiger partial charge >= 0.3 is 0 Å². The lowest BCUT2D eigenvalue weighted by atomic mass is 10.3. The Morgan fingerprint density at radius 3 is 2.72 bits per heavy atom. The highest BCUT2D eigenvalue weighted by atomic mass is 79.9. The van der Waals surface area contributed by atoms with E-state index in [-0.39, 0.29) is 5.03 Å². The van der Waals surface area contributed by atoms with Crippen LogP contribution in [0.1, 0.15) is 0 Å². The third kappa shape index (κ3) is 2.52. The van der Waals surface area contributed by atoms with E-state index in [2.05, 4.69) is 25.8 Å². The number of hydrogen-bond acceptors (Lipinski definition) is 3. The van der Waals surface area contributed by atoms with Gasteiger partial charge < -0.3 is 0 Å². The summed E-state index contributed by atoms with van der Waals surface area (Å²) in [5.41, 5.74) is 0.378. The second-order valence-corrected chi connectivity index (χ2v) is 6.33. The Bertz CT molecular complexity index is 684. The van der Waals surface area contributed by atoms with Gasteiger partial charge in [-0.2, -0.15) is 13.5 Å². The van der Waals surface area contributed by atoms with E-state index in [9.17, 15) is 8.42 Å². The van der Waals surface area contributed by atoms with E-state index < -0.39 is 10.0 Å². The second kappa shape index (κ2) is 4.91.